The van der Waals surface area contributed by atoms with Crippen LogP contribution in [0, 0.1) is 0 Å². The molecule has 0 aliphatic carbocycles. The molecule has 0 saturated carbocycles. The number of anilines is 3. The lowest BCUT2D eigenvalue weighted by Gasteiger charge is -2.35. The van der Waals surface area contributed by atoms with Gasteiger partial charge >= 0.3 is 5.97 Å². The molecule has 3 aromatic rings. The molecule has 28 heavy (non-hydrogen) atoms. The molecule has 0 radical (unpaired) electrons. The van der Waals surface area contributed by atoms with Crippen LogP contribution in [0.3, 0.4) is 0 Å². The van der Waals surface area contributed by atoms with E-state index in [0.29, 0.717) is 5.95 Å². The number of benzene rings is 1. The summed E-state index contributed by atoms with van der Waals surface area (Å²) in [6.07, 6.45) is 1.44. The summed E-state index contributed by atoms with van der Waals surface area (Å²) in [6, 6.07) is 12.3. The van der Waals surface area contributed by atoms with Crippen LogP contribution in [0.1, 0.15) is 17.3 Å². The molecule has 8 nitrogen and oxygen atoms in total. The minimum atomic E-state index is -0.501. The fourth-order valence-corrected chi connectivity index (χ4v) is 3.27. The number of aromatic nitrogens is 3. The predicted octanol–water partition coefficient (Wildman–Crippen LogP) is 2.11. The molecule has 3 heterocycles. The number of carbonyl (C=O) groups excluding carboxylic acids is 1. The van der Waals surface area contributed by atoms with Crippen molar-refractivity contribution in [1.29, 1.82) is 0 Å². The molecule has 0 amide bonds. The van der Waals surface area contributed by atoms with E-state index in [2.05, 4.69) is 38.0 Å². The summed E-state index contributed by atoms with van der Waals surface area (Å²) >= 11 is 0. The van der Waals surface area contributed by atoms with E-state index in [1.165, 1.54) is 6.20 Å². The van der Waals surface area contributed by atoms with Crippen LogP contribution in [-0.2, 0) is 4.74 Å². The molecule has 4 rings (SSSR count). The van der Waals surface area contributed by atoms with Crippen LogP contribution in [0.25, 0.3) is 10.9 Å². The Morgan fingerprint density at radius 3 is 2.57 bits per heavy atom. The monoisotopic (exact) mass is 378 g/mol. The molecule has 1 aliphatic rings. The number of carbonyl (C=O) groups is 1. The average molecular weight is 378 g/mol. The first-order valence-corrected chi connectivity index (χ1v) is 9.31. The van der Waals surface area contributed by atoms with E-state index in [4.69, 9.17) is 15.5 Å². The maximum Gasteiger partial charge on any atom is 0.343 e. The number of pyridine rings is 1. The molecule has 8 heteroatoms. The van der Waals surface area contributed by atoms with Crippen molar-refractivity contribution in [2.75, 3.05) is 48.3 Å². The van der Waals surface area contributed by atoms with Gasteiger partial charge in [0.25, 0.3) is 0 Å². The second kappa shape index (κ2) is 7.67. The van der Waals surface area contributed by atoms with Crippen molar-refractivity contribution in [2.24, 2.45) is 0 Å². The van der Waals surface area contributed by atoms with Crippen LogP contribution in [0.5, 0.6) is 0 Å². The van der Waals surface area contributed by atoms with Gasteiger partial charge in [0, 0.05) is 37.8 Å². The molecule has 144 valence electrons. The van der Waals surface area contributed by atoms with E-state index in [1.54, 1.807) is 6.92 Å². The Bertz CT molecular complexity index is 1000. The number of para-hydroxylation sites is 1. The normalized spacial score (nSPS) is 14.3. The highest BCUT2D eigenvalue weighted by Gasteiger charge is 2.22. The van der Waals surface area contributed by atoms with Crippen molar-refractivity contribution in [3.05, 3.63) is 48.2 Å². The number of esters is 1. The Morgan fingerprint density at radius 2 is 1.82 bits per heavy atom. The van der Waals surface area contributed by atoms with E-state index >= 15 is 0 Å². The van der Waals surface area contributed by atoms with Gasteiger partial charge in [-0.1, -0.05) is 18.2 Å². The largest absolute Gasteiger partial charge is 0.462 e. The zero-order chi connectivity index (χ0) is 19.5. The Hall–Kier alpha value is -3.42. The Labute approximate surface area is 163 Å². The fourth-order valence-electron chi connectivity index (χ4n) is 3.27. The highest BCUT2D eigenvalue weighted by Crippen LogP contribution is 2.21. The summed E-state index contributed by atoms with van der Waals surface area (Å²) in [6.45, 7) is 5.11. The van der Waals surface area contributed by atoms with Gasteiger partial charge in [0.15, 0.2) is 0 Å². The molecule has 2 N–H and O–H groups in total. The minimum Gasteiger partial charge on any atom is -0.462 e. The number of fused-ring (bicyclic) bond motifs is 1. The molecule has 0 unspecified atom stereocenters. The van der Waals surface area contributed by atoms with Gasteiger partial charge in [-0.25, -0.2) is 14.8 Å². The predicted molar refractivity (Wildman–Crippen MR) is 109 cm³/mol. The molecular weight excluding hydrogens is 356 g/mol. The third kappa shape index (κ3) is 3.53. The van der Waals surface area contributed by atoms with Crippen LogP contribution in [0.4, 0.5) is 17.6 Å². The number of hydrogen-bond acceptors (Lipinski definition) is 8. The maximum absolute atomic E-state index is 11.8. The first-order valence-electron chi connectivity index (χ1n) is 9.31. The average Bonchev–Trinajstić information content (AvgIpc) is 2.73. The lowest BCUT2D eigenvalue weighted by Crippen LogP contribution is -2.47. The number of hydrogen-bond donors (Lipinski definition) is 1. The maximum atomic E-state index is 11.8. The standard InChI is InChI=1S/C20H22N6O2/c1-2-28-19(27)15-13-22-20(24-18(15)21)26-11-9-25(10-12-26)17-8-7-14-5-3-4-6-16(14)23-17/h3-8,13H,2,9-12H2,1H3,(H2,21,22,24). The van der Waals surface area contributed by atoms with E-state index < -0.39 is 5.97 Å². The highest BCUT2D eigenvalue weighted by atomic mass is 16.5. The zero-order valence-electron chi connectivity index (χ0n) is 15.7. The molecule has 0 bridgehead atoms. The first-order chi connectivity index (χ1) is 13.7. The second-order valence-electron chi connectivity index (χ2n) is 6.53. The zero-order valence-corrected chi connectivity index (χ0v) is 15.7. The number of piperazine rings is 1. The van der Waals surface area contributed by atoms with Gasteiger partial charge in [0.05, 0.1) is 12.1 Å². The van der Waals surface area contributed by atoms with Crippen LogP contribution in [0.2, 0.25) is 0 Å². The Kier molecular flexibility index (Phi) is 4.92. The second-order valence-corrected chi connectivity index (χ2v) is 6.53. The molecule has 1 fully saturated rings. The van der Waals surface area contributed by atoms with E-state index in [0.717, 1.165) is 42.9 Å². The topological polar surface area (TPSA) is 97.5 Å². The van der Waals surface area contributed by atoms with Gasteiger partial charge in [-0.2, -0.15) is 4.98 Å². The fraction of sp³-hybridized carbons (Fsp3) is 0.300. The van der Waals surface area contributed by atoms with Crippen molar-refractivity contribution < 1.29 is 9.53 Å². The molecule has 1 aromatic carbocycles. The van der Waals surface area contributed by atoms with E-state index in [9.17, 15) is 4.79 Å². The lowest BCUT2D eigenvalue weighted by atomic mass is 10.2. The number of rotatable bonds is 4. The summed E-state index contributed by atoms with van der Waals surface area (Å²) in [5.41, 5.74) is 7.12. The van der Waals surface area contributed by atoms with Crippen LogP contribution in [0.15, 0.2) is 42.6 Å². The van der Waals surface area contributed by atoms with Gasteiger partial charge in [0.2, 0.25) is 5.95 Å². The summed E-state index contributed by atoms with van der Waals surface area (Å²) in [4.78, 5) is 29.5. The minimum absolute atomic E-state index is 0.141. The third-order valence-electron chi connectivity index (χ3n) is 4.77. The van der Waals surface area contributed by atoms with Gasteiger partial charge in [0.1, 0.15) is 17.2 Å². The van der Waals surface area contributed by atoms with Gasteiger partial charge in [-0.3, -0.25) is 0 Å². The summed E-state index contributed by atoms with van der Waals surface area (Å²) in [5, 5.41) is 1.13. The number of nitrogen functional groups attached to an aromatic ring is 1. The number of nitrogens with zero attached hydrogens (tertiary/aromatic N) is 5. The summed E-state index contributed by atoms with van der Waals surface area (Å²) in [7, 11) is 0. The molecular formula is C20H22N6O2. The van der Waals surface area contributed by atoms with Crippen molar-refractivity contribution in [1.82, 2.24) is 15.0 Å². The number of nitrogens with two attached hydrogens (primary N) is 1. The molecule has 1 aliphatic heterocycles. The van der Waals surface area contributed by atoms with Gasteiger partial charge in [-0.05, 0) is 25.1 Å². The summed E-state index contributed by atoms with van der Waals surface area (Å²) < 4.78 is 4.96. The van der Waals surface area contributed by atoms with Crippen molar-refractivity contribution in [3.63, 3.8) is 0 Å². The quantitative estimate of drug-likeness (QED) is 0.690. The van der Waals surface area contributed by atoms with Gasteiger partial charge in [-0.15, -0.1) is 0 Å². The lowest BCUT2D eigenvalue weighted by molar-refractivity contribution is 0.0527. The van der Waals surface area contributed by atoms with Crippen LogP contribution in [-0.4, -0.2) is 53.7 Å². The SMILES string of the molecule is CCOC(=O)c1cnc(N2CCN(c3ccc4ccccc4n3)CC2)nc1N. The molecule has 0 atom stereocenters. The van der Waals surface area contributed by atoms with Crippen molar-refractivity contribution in [3.8, 4) is 0 Å². The highest BCUT2D eigenvalue weighted by molar-refractivity contribution is 5.93. The van der Waals surface area contributed by atoms with Crippen LogP contribution >= 0.6 is 0 Å². The smallest absolute Gasteiger partial charge is 0.343 e. The first kappa shape index (κ1) is 18.0. The number of ether oxygens (including phenoxy) is 1. The van der Waals surface area contributed by atoms with Crippen molar-refractivity contribution in [2.45, 2.75) is 6.92 Å². The summed E-state index contributed by atoms with van der Waals surface area (Å²) in [5.74, 6) is 1.13. The Balaban J connectivity index is 1.44. The van der Waals surface area contributed by atoms with Crippen molar-refractivity contribution >= 4 is 34.5 Å². The van der Waals surface area contributed by atoms with Crippen LogP contribution < -0.4 is 15.5 Å². The third-order valence-corrected chi connectivity index (χ3v) is 4.77. The van der Waals surface area contributed by atoms with E-state index in [1.807, 2.05) is 18.2 Å². The molecule has 0 spiro atoms. The molecule has 2 aromatic heterocycles. The van der Waals surface area contributed by atoms with Gasteiger partial charge < -0.3 is 20.3 Å². The Morgan fingerprint density at radius 1 is 1.07 bits per heavy atom. The molecule has 1 saturated heterocycles. The van der Waals surface area contributed by atoms with E-state index in [-0.39, 0.29) is 18.0 Å².